The van der Waals surface area contributed by atoms with Gasteiger partial charge >= 0.3 is 6.09 Å². The van der Waals surface area contributed by atoms with Gasteiger partial charge in [0, 0.05) is 31.7 Å². The quantitative estimate of drug-likeness (QED) is 0.277. The Morgan fingerprint density at radius 3 is 2.60 bits per heavy atom. The van der Waals surface area contributed by atoms with Crippen LogP contribution >= 0.6 is 0 Å². The van der Waals surface area contributed by atoms with Crippen molar-refractivity contribution in [2.45, 2.75) is 37.8 Å². The van der Waals surface area contributed by atoms with E-state index in [2.05, 4.69) is 10.3 Å². The summed E-state index contributed by atoms with van der Waals surface area (Å²) in [6.07, 6.45) is 3.61. The first kappa shape index (κ1) is 31.0. The molecule has 6 rings (SSSR count). The molecule has 10 nitrogen and oxygen atoms in total. The molecule has 2 amide bonds. The van der Waals surface area contributed by atoms with Gasteiger partial charge in [-0.1, -0.05) is 18.2 Å². The molecule has 45 heavy (non-hydrogen) atoms. The molecule has 1 aromatic heterocycles. The van der Waals surface area contributed by atoms with Crippen LogP contribution in [0, 0.1) is 11.6 Å². The number of ether oxygens (including phenoxy) is 3. The van der Waals surface area contributed by atoms with Gasteiger partial charge in [0.15, 0.2) is 0 Å². The summed E-state index contributed by atoms with van der Waals surface area (Å²) in [5.41, 5.74) is 11.4. The highest BCUT2D eigenvalue weighted by Gasteiger charge is 2.32. The van der Waals surface area contributed by atoms with Crippen molar-refractivity contribution in [1.82, 2.24) is 15.2 Å². The van der Waals surface area contributed by atoms with Gasteiger partial charge in [-0.3, -0.25) is 14.7 Å². The van der Waals surface area contributed by atoms with E-state index in [0.29, 0.717) is 75.7 Å². The van der Waals surface area contributed by atoms with Crippen LogP contribution < -0.4 is 16.0 Å². The second-order valence-electron chi connectivity index (χ2n) is 11.5. The van der Waals surface area contributed by atoms with Crippen LogP contribution in [0.25, 0.3) is 0 Å². The molecule has 2 fully saturated rings. The van der Waals surface area contributed by atoms with Gasteiger partial charge in [0.1, 0.15) is 18.2 Å². The maximum absolute atomic E-state index is 14.7. The van der Waals surface area contributed by atoms with Crippen LogP contribution in [0.2, 0.25) is 0 Å². The van der Waals surface area contributed by atoms with Crippen LogP contribution in [-0.4, -0.2) is 86.6 Å². The largest absolute Gasteiger partial charge is 0.448 e. The lowest BCUT2D eigenvalue weighted by molar-refractivity contribution is -0.116. The van der Waals surface area contributed by atoms with Crippen molar-refractivity contribution >= 4 is 23.4 Å². The number of nitrogens with one attached hydrogen (secondary N) is 1. The summed E-state index contributed by atoms with van der Waals surface area (Å²) in [5.74, 6) is -1.23. The zero-order valence-corrected chi connectivity index (χ0v) is 25.0. The molecule has 2 unspecified atom stereocenters. The molecule has 0 bridgehead atoms. The summed E-state index contributed by atoms with van der Waals surface area (Å²) in [7, 11) is 0. The van der Waals surface area contributed by atoms with Crippen LogP contribution in [0.15, 0.2) is 48.7 Å². The van der Waals surface area contributed by atoms with Crippen LogP contribution in [0.3, 0.4) is 0 Å². The monoisotopic (exact) mass is 621 g/mol. The number of anilines is 2. The fraction of sp³-hybridized carbons (Fsp3) is 0.424. The number of benzene rings is 2. The minimum Gasteiger partial charge on any atom is -0.448 e. The summed E-state index contributed by atoms with van der Waals surface area (Å²) in [6.45, 7) is 3.00. The molecule has 238 valence electrons. The van der Waals surface area contributed by atoms with Gasteiger partial charge in [-0.05, 0) is 65.8 Å². The van der Waals surface area contributed by atoms with Gasteiger partial charge in [0.2, 0.25) is 5.91 Å². The Balaban J connectivity index is 1.14. The number of rotatable bonds is 10. The molecule has 0 radical (unpaired) electrons. The van der Waals surface area contributed by atoms with Crippen molar-refractivity contribution in [3.63, 3.8) is 0 Å². The van der Waals surface area contributed by atoms with Crippen molar-refractivity contribution in [3.8, 4) is 0 Å². The fourth-order valence-corrected chi connectivity index (χ4v) is 5.85. The molecule has 2 aromatic carbocycles. The molecule has 2 saturated heterocycles. The summed E-state index contributed by atoms with van der Waals surface area (Å²) in [5, 5.41) is 3.42. The Morgan fingerprint density at radius 2 is 1.87 bits per heavy atom. The molecule has 2 atom stereocenters. The van der Waals surface area contributed by atoms with Gasteiger partial charge in [0.25, 0.3) is 0 Å². The number of hydrogen-bond acceptors (Lipinski definition) is 8. The third-order valence-electron chi connectivity index (χ3n) is 8.41. The van der Waals surface area contributed by atoms with Gasteiger partial charge in [-0.2, -0.15) is 0 Å². The predicted molar refractivity (Wildman–Crippen MR) is 162 cm³/mol. The molecule has 12 heteroatoms. The smallest absolute Gasteiger partial charge is 0.409 e. The summed E-state index contributed by atoms with van der Waals surface area (Å²) >= 11 is 0. The Labute approximate surface area is 260 Å². The third kappa shape index (κ3) is 7.47. The molecule has 2 aliphatic heterocycles. The minimum absolute atomic E-state index is 0.0894. The highest BCUT2D eigenvalue weighted by Crippen LogP contribution is 2.40. The second-order valence-corrected chi connectivity index (χ2v) is 11.5. The standard InChI is InChI=1S/C33H37F2N5O5/c34-23-4-1-21(2-5-23)13-22-3-6-24(35)14-30(22)40(32(41)16-36)31-18-38-29-15-28(29)27(31)8-7-26-17-37-25(19-44-26)20-45-33(42)39-9-11-43-12-10-39/h1-6,14,18,25-26,37H,7-13,15-17,19-20,36H2. The molecule has 3 N–H and O–H groups in total. The van der Waals surface area contributed by atoms with Gasteiger partial charge in [-0.15, -0.1) is 0 Å². The topological polar surface area (TPSA) is 119 Å². The predicted octanol–water partition coefficient (Wildman–Crippen LogP) is 3.24. The molecule has 0 spiro atoms. The first-order valence-electron chi connectivity index (χ1n) is 15.3. The average molecular weight is 622 g/mol. The molecule has 3 aromatic rings. The zero-order valence-electron chi connectivity index (χ0n) is 25.0. The van der Waals surface area contributed by atoms with E-state index >= 15 is 0 Å². The van der Waals surface area contributed by atoms with E-state index in [1.807, 2.05) is 0 Å². The third-order valence-corrected chi connectivity index (χ3v) is 8.41. The minimum atomic E-state index is -0.490. The number of aromatic nitrogens is 1. The van der Waals surface area contributed by atoms with Crippen LogP contribution in [0.4, 0.5) is 25.0 Å². The summed E-state index contributed by atoms with van der Waals surface area (Å²) in [4.78, 5) is 33.4. The molecular formula is C33H37F2N5O5. The van der Waals surface area contributed by atoms with E-state index < -0.39 is 11.7 Å². The van der Waals surface area contributed by atoms with Gasteiger partial charge in [-0.25, -0.2) is 13.6 Å². The highest BCUT2D eigenvalue weighted by atomic mass is 19.1. The number of nitrogens with zero attached hydrogens (tertiary/aromatic N) is 3. The fourth-order valence-electron chi connectivity index (χ4n) is 5.85. The number of pyridine rings is 1. The van der Waals surface area contributed by atoms with Crippen molar-refractivity contribution < 1.29 is 32.6 Å². The molecular weight excluding hydrogens is 584 g/mol. The summed E-state index contributed by atoms with van der Waals surface area (Å²) < 4.78 is 45.1. The zero-order chi connectivity index (χ0) is 31.3. The van der Waals surface area contributed by atoms with E-state index in [9.17, 15) is 18.4 Å². The van der Waals surface area contributed by atoms with Crippen molar-refractivity contribution in [1.29, 1.82) is 0 Å². The van der Waals surface area contributed by atoms with Crippen molar-refractivity contribution in [3.05, 3.63) is 88.2 Å². The average Bonchev–Trinajstić information content (AvgIpc) is 3.86. The number of morpholine rings is 2. The normalized spacial score (nSPS) is 19.1. The number of nitrogens with two attached hydrogens (primary N) is 1. The molecule has 3 heterocycles. The number of carbonyl (C=O) groups excluding carboxylic acids is 2. The number of amides is 2. The number of halogens is 2. The highest BCUT2D eigenvalue weighted by molar-refractivity contribution is 6.03. The first-order valence-corrected chi connectivity index (χ1v) is 15.3. The van der Waals surface area contributed by atoms with Crippen LogP contribution in [0.1, 0.15) is 34.4 Å². The van der Waals surface area contributed by atoms with Crippen LogP contribution in [-0.2, 0) is 38.3 Å². The van der Waals surface area contributed by atoms with E-state index in [4.69, 9.17) is 19.9 Å². The van der Waals surface area contributed by atoms with Gasteiger partial charge < -0.3 is 30.2 Å². The van der Waals surface area contributed by atoms with E-state index in [0.717, 1.165) is 28.8 Å². The lowest BCUT2D eigenvalue weighted by Crippen LogP contribution is -2.50. The maximum Gasteiger partial charge on any atom is 0.409 e. The molecule has 0 saturated carbocycles. The SMILES string of the molecule is NCC(=O)N(c1cc(F)ccc1Cc1ccc(F)cc1)c1cnc2c(c1CCC1CNC(COC(=O)N3CCOCC3)CO1)C2. The lowest BCUT2D eigenvalue weighted by Gasteiger charge is -2.32. The Hall–Kier alpha value is -3.97. The number of hydrogen-bond donors (Lipinski definition) is 2. The van der Waals surface area contributed by atoms with E-state index in [1.54, 1.807) is 29.3 Å². The van der Waals surface area contributed by atoms with E-state index in [-0.39, 0.29) is 37.2 Å². The van der Waals surface area contributed by atoms with Gasteiger partial charge in [0.05, 0.1) is 56.1 Å². The Bertz CT molecular complexity index is 1520. The molecule has 3 aliphatic rings. The lowest BCUT2D eigenvalue weighted by atomic mass is 10.00. The van der Waals surface area contributed by atoms with E-state index in [1.165, 1.54) is 29.2 Å². The summed E-state index contributed by atoms with van der Waals surface area (Å²) in [6, 6.07) is 10.3. The van der Waals surface area contributed by atoms with Crippen molar-refractivity contribution in [2.24, 2.45) is 5.73 Å². The number of fused-ring (bicyclic) bond motifs is 1. The number of carbonyl (C=O) groups is 2. The second kappa shape index (κ2) is 14.0. The van der Waals surface area contributed by atoms with Crippen molar-refractivity contribution in [2.75, 3.05) is 57.5 Å². The maximum atomic E-state index is 14.7. The molecule has 1 aliphatic carbocycles. The Morgan fingerprint density at radius 1 is 1.09 bits per heavy atom. The Kier molecular flexibility index (Phi) is 9.64. The first-order chi connectivity index (χ1) is 21.9. The van der Waals surface area contributed by atoms with Crippen LogP contribution in [0.5, 0.6) is 0 Å².